The van der Waals surface area contributed by atoms with Gasteiger partial charge in [-0.25, -0.2) is 4.98 Å². The highest BCUT2D eigenvalue weighted by atomic mass is 35.5. The molecule has 1 rings (SSSR count). The minimum absolute atomic E-state index is 0.0570. The summed E-state index contributed by atoms with van der Waals surface area (Å²) in [6, 6.07) is 2.87. The monoisotopic (exact) mass is 305 g/mol. The van der Waals surface area contributed by atoms with Crippen molar-refractivity contribution in [3.8, 4) is 6.07 Å². The van der Waals surface area contributed by atoms with Crippen LogP contribution in [-0.2, 0) is 6.18 Å². The highest BCUT2D eigenvalue weighted by Crippen LogP contribution is 2.33. The lowest BCUT2D eigenvalue weighted by Gasteiger charge is -2.25. The van der Waals surface area contributed by atoms with E-state index < -0.39 is 11.7 Å². The SMILES string of the molecule is CC(C)CN(CCC#N)c1ncc(C(F)(F)F)cc1Cl. The van der Waals surface area contributed by atoms with Crippen LogP contribution in [0, 0.1) is 17.2 Å². The number of hydrogen-bond donors (Lipinski definition) is 0. The lowest BCUT2D eigenvalue weighted by Crippen LogP contribution is -2.29. The molecule has 0 aliphatic carbocycles. The maximum absolute atomic E-state index is 12.6. The molecule has 0 unspecified atom stereocenters. The van der Waals surface area contributed by atoms with E-state index in [-0.39, 0.29) is 23.2 Å². The van der Waals surface area contributed by atoms with Crippen LogP contribution < -0.4 is 4.90 Å². The minimum atomic E-state index is -4.47. The third-order valence-electron chi connectivity index (χ3n) is 2.53. The summed E-state index contributed by atoms with van der Waals surface area (Å²) >= 11 is 5.91. The fourth-order valence-electron chi connectivity index (χ4n) is 1.73. The Labute approximate surface area is 121 Å². The van der Waals surface area contributed by atoms with Crippen LogP contribution in [0.2, 0.25) is 5.02 Å². The van der Waals surface area contributed by atoms with Gasteiger partial charge in [-0.15, -0.1) is 0 Å². The molecule has 0 saturated carbocycles. The molecular formula is C13H15ClF3N3. The number of alkyl halides is 3. The van der Waals surface area contributed by atoms with Crippen LogP contribution in [0.1, 0.15) is 25.8 Å². The Hall–Kier alpha value is -1.48. The van der Waals surface area contributed by atoms with Crippen molar-refractivity contribution < 1.29 is 13.2 Å². The number of aromatic nitrogens is 1. The van der Waals surface area contributed by atoms with Crippen LogP contribution in [0.3, 0.4) is 0 Å². The van der Waals surface area contributed by atoms with Crippen LogP contribution in [0.25, 0.3) is 0 Å². The highest BCUT2D eigenvalue weighted by molar-refractivity contribution is 6.33. The number of nitriles is 1. The first kappa shape index (κ1) is 16.6. The predicted molar refractivity (Wildman–Crippen MR) is 71.5 cm³/mol. The van der Waals surface area contributed by atoms with Gasteiger partial charge < -0.3 is 4.90 Å². The van der Waals surface area contributed by atoms with Crippen LogP contribution in [-0.4, -0.2) is 18.1 Å². The molecule has 0 radical (unpaired) electrons. The molecule has 0 aliphatic rings. The van der Waals surface area contributed by atoms with E-state index in [2.05, 4.69) is 4.98 Å². The van der Waals surface area contributed by atoms with Crippen LogP contribution >= 0.6 is 11.6 Å². The number of nitrogens with zero attached hydrogens (tertiary/aromatic N) is 3. The second-order valence-corrected chi connectivity index (χ2v) is 5.18. The van der Waals surface area contributed by atoms with Crippen molar-refractivity contribution in [2.24, 2.45) is 5.92 Å². The molecule has 0 aromatic carbocycles. The summed E-state index contributed by atoms with van der Waals surface area (Å²) in [4.78, 5) is 5.55. The van der Waals surface area contributed by atoms with Gasteiger partial charge in [-0.3, -0.25) is 0 Å². The standard InChI is InChI=1S/C13H15ClF3N3/c1-9(2)8-20(5-3-4-18)12-11(14)6-10(7-19-12)13(15,16)17/h6-7,9H,3,5,8H2,1-2H3. The molecule has 0 aliphatic heterocycles. The Kier molecular flexibility index (Phi) is 5.63. The van der Waals surface area contributed by atoms with E-state index in [9.17, 15) is 13.2 Å². The molecule has 0 atom stereocenters. The molecule has 3 nitrogen and oxygen atoms in total. The first-order valence-electron chi connectivity index (χ1n) is 6.10. The summed E-state index contributed by atoms with van der Waals surface area (Å²) in [6.45, 7) is 4.89. The summed E-state index contributed by atoms with van der Waals surface area (Å²) in [7, 11) is 0. The van der Waals surface area contributed by atoms with Crippen LogP contribution in [0.4, 0.5) is 19.0 Å². The first-order chi connectivity index (χ1) is 9.25. The Bertz CT molecular complexity index is 495. The average molecular weight is 306 g/mol. The zero-order chi connectivity index (χ0) is 15.3. The second-order valence-electron chi connectivity index (χ2n) is 4.78. The van der Waals surface area contributed by atoms with Crippen molar-refractivity contribution in [1.29, 1.82) is 5.26 Å². The molecular weight excluding hydrogens is 291 g/mol. The molecule has 0 N–H and O–H groups in total. The number of rotatable bonds is 5. The van der Waals surface area contributed by atoms with Crippen molar-refractivity contribution >= 4 is 17.4 Å². The topological polar surface area (TPSA) is 39.9 Å². The lowest BCUT2D eigenvalue weighted by atomic mass is 10.2. The molecule has 0 amide bonds. The quantitative estimate of drug-likeness (QED) is 0.821. The van der Waals surface area contributed by atoms with E-state index in [1.54, 1.807) is 4.90 Å². The fourth-order valence-corrected chi connectivity index (χ4v) is 2.01. The Morgan fingerprint density at radius 3 is 2.55 bits per heavy atom. The Morgan fingerprint density at radius 2 is 2.10 bits per heavy atom. The van der Waals surface area contributed by atoms with Crippen LogP contribution in [0.15, 0.2) is 12.3 Å². The van der Waals surface area contributed by atoms with Crippen molar-refractivity contribution in [1.82, 2.24) is 4.98 Å². The smallest absolute Gasteiger partial charge is 0.354 e. The van der Waals surface area contributed by atoms with Gasteiger partial charge in [-0.2, -0.15) is 18.4 Å². The van der Waals surface area contributed by atoms with E-state index in [4.69, 9.17) is 16.9 Å². The molecule has 1 aromatic heterocycles. The van der Waals surface area contributed by atoms with Crippen LogP contribution in [0.5, 0.6) is 0 Å². The molecule has 0 bridgehead atoms. The number of pyridine rings is 1. The second kappa shape index (κ2) is 6.80. The largest absolute Gasteiger partial charge is 0.417 e. The number of anilines is 1. The van der Waals surface area contributed by atoms with Gasteiger partial charge in [0.05, 0.1) is 23.1 Å². The Balaban J connectivity index is 3.05. The van der Waals surface area contributed by atoms with Gasteiger partial charge in [-0.05, 0) is 12.0 Å². The normalized spacial score (nSPS) is 11.5. The van der Waals surface area contributed by atoms with Gasteiger partial charge in [0.1, 0.15) is 5.82 Å². The molecule has 0 saturated heterocycles. The fraction of sp³-hybridized carbons (Fsp3) is 0.538. The van der Waals surface area contributed by atoms with E-state index in [1.807, 2.05) is 19.9 Å². The highest BCUT2D eigenvalue weighted by Gasteiger charge is 2.32. The maximum Gasteiger partial charge on any atom is 0.417 e. The van der Waals surface area contributed by atoms with E-state index in [0.717, 1.165) is 12.3 Å². The third-order valence-corrected chi connectivity index (χ3v) is 2.81. The predicted octanol–water partition coefficient (Wildman–Crippen LogP) is 4.13. The third kappa shape index (κ3) is 4.57. The number of hydrogen-bond acceptors (Lipinski definition) is 3. The van der Waals surface area contributed by atoms with Gasteiger partial charge in [0.2, 0.25) is 0 Å². The van der Waals surface area contributed by atoms with Crippen molar-refractivity contribution in [2.45, 2.75) is 26.4 Å². The Morgan fingerprint density at radius 1 is 1.45 bits per heavy atom. The molecule has 110 valence electrons. The first-order valence-corrected chi connectivity index (χ1v) is 6.48. The molecule has 1 aromatic rings. The van der Waals surface area contributed by atoms with Gasteiger partial charge in [0.15, 0.2) is 0 Å². The molecule has 7 heteroatoms. The summed E-state index contributed by atoms with van der Waals surface area (Å²) < 4.78 is 37.7. The maximum atomic E-state index is 12.6. The molecule has 0 fully saturated rings. The minimum Gasteiger partial charge on any atom is -0.354 e. The summed E-state index contributed by atoms with van der Waals surface area (Å²) in [5.41, 5.74) is -0.879. The van der Waals surface area contributed by atoms with Crippen molar-refractivity contribution in [3.05, 3.63) is 22.8 Å². The average Bonchev–Trinajstić information content (AvgIpc) is 2.33. The molecule has 20 heavy (non-hydrogen) atoms. The van der Waals surface area contributed by atoms with E-state index in [1.165, 1.54) is 0 Å². The summed E-state index contributed by atoms with van der Waals surface area (Å²) in [5, 5.41) is 8.58. The molecule has 0 spiro atoms. The van der Waals surface area contributed by atoms with E-state index in [0.29, 0.717) is 13.1 Å². The van der Waals surface area contributed by atoms with Crippen molar-refractivity contribution in [2.75, 3.05) is 18.0 Å². The molecule has 1 heterocycles. The summed E-state index contributed by atoms with van der Waals surface area (Å²) in [6.07, 6.45) is -3.45. The van der Waals surface area contributed by atoms with Gasteiger partial charge in [0.25, 0.3) is 0 Å². The zero-order valence-electron chi connectivity index (χ0n) is 11.2. The van der Waals surface area contributed by atoms with E-state index >= 15 is 0 Å². The number of halogens is 4. The van der Waals surface area contributed by atoms with Gasteiger partial charge in [-0.1, -0.05) is 25.4 Å². The lowest BCUT2D eigenvalue weighted by molar-refractivity contribution is -0.137. The van der Waals surface area contributed by atoms with Gasteiger partial charge in [0, 0.05) is 19.3 Å². The summed E-state index contributed by atoms with van der Waals surface area (Å²) in [5.74, 6) is 0.553. The zero-order valence-corrected chi connectivity index (χ0v) is 12.0. The van der Waals surface area contributed by atoms with Crippen molar-refractivity contribution in [3.63, 3.8) is 0 Å². The van der Waals surface area contributed by atoms with Gasteiger partial charge >= 0.3 is 6.18 Å².